The Labute approximate surface area is 76.4 Å². The minimum Gasteiger partial charge on any atom is -0.0801 e. The summed E-state index contributed by atoms with van der Waals surface area (Å²) in [4.78, 5) is 0. The fourth-order valence-electron chi connectivity index (χ4n) is 1.80. The second-order valence-electron chi connectivity index (χ2n) is 4.95. The highest BCUT2D eigenvalue weighted by molar-refractivity contribution is 5.37. The van der Waals surface area contributed by atoms with E-state index in [2.05, 4.69) is 46.8 Å². The Kier molecular flexibility index (Phi) is 2.46. The standard InChI is InChI=1S/C12H20/c1-9(2)10-7-6-8-11(10)12(3,4)5/h6-7,9H,8H2,1-5H3. The molecule has 0 spiro atoms. The highest BCUT2D eigenvalue weighted by Gasteiger charge is 2.22. The highest BCUT2D eigenvalue weighted by Crippen LogP contribution is 2.37. The molecular formula is C12H20. The van der Waals surface area contributed by atoms with Gasteiger partial charge in [-0.2, -0.15) is 0 Å². The van der Waals surface area contributed by atoms with E-state index in [9.17, 15) is 0 Å². The van der Waals surface area contributed by atoms with E-state index >= 15 is 0 Å². The summed E-state index contributed by atoms with van der Waals surface area (Å²) in [6.07, 6.45) is 5.75. The van der Waals surface area contributed by atoms with Crippen LogP contribution < -0.4 is 0 Å². The second-order valence-corrected chi connectivity index (χ2v) is 4.95. The van der Waals surface area contributed by atoms with Crippen molar-refractivity contribution >= 4 is 0 Å². The van der Waals surface area contributed by atoms with Crippen molar-refractivity contribution in [2.45, 2.75) is 41.0 Å². The van der Waals surface area contributed by atoms with Gasteiger partial charge in [-0.15, -0.1) is 0 Å². The van der Waals surface area contributed by atoms with Gasteiger partial charge >= 0.3 is 0 Å². The predicted octanol–water partition coefficient (Wildman–Crippen LogP) is 3.95. The fourth-order valence-corrected chi connectivity index (χ4v) is 1.80. The Morgan fingerprint density at radius 3 is 2.17 bits per heavy atom. The van der Waals surface area contributed by atoms with E-state index in [4.69, 9.17) is 0 Å². The molecule has 0 radical (unpaired) electrons. The molecule has 0 N–H and O–H groups in total. The lowest BCUT2D eigenvalue weighted by Gasteiger charge is -2.24. The molecule has 0 amide bonds. The molecule has 1 aliphatic carbocycles. The van der Waals surface area contributed by atoms with Crippen molar-refractivity contribution in [1.29, 1.82) is 0 Å². The van der Waals surface area contributed by atoms with Crippen LogP contribution in [0, 0.1) is 11.3 Å². The van der Waals surface area contributed by atoms with E-state index in [1.54, 1.807) is 11.1 Å². The first-order chi connectivity index (χ1) is 5.43. The van der Waals surface area contributed by atoms with E-state index in [-0.39, 0.29) is 0 Å². The smallest absolute Gasteiger partial charge is 0.0124 e. The summed E-state index contributed by atoms with van der Waals surface area (Å²) >= 11 is 0. The molecule has 0 fully saturated rings. The SMILES string of the molecule is CC(C)C1=C(C(C)(C)C)CC=C1. The average Bonchev–Trinajstić information content (AvgIpc) is 2.30. The molecule has 0 heteroatoms. The monoisotopic (exact) mass is 164 g/mol. The number of hydrogen-bond acceptors (Lipinski definition) is 0. The average molecular weight is 164 g/mol. The summed E-state index contributed by atoms with van der Waals surface area (Å²) in [5.74, 6) is 0.679. The molecule has 0 aliphatic heterocycles. The van der Waals surface area contributed by atoms with Crippen LogP contribution in [0.3, 0.4) is 0 Å². The zero-order valence-corrected chi connectivity index (χ0v) is 8.94. The molecule has 0 aromatic carbocycles. The van der Waals surface area contributed by atoms with Gasteiger partial charge in [0, 0.05) is 0 Å². The first kappa shape index (κ1) is 9.57. The number of rotatable bonds is 1. The molecule has 0 unspecified atom stereocenters. The van der Waals surface area contributed by atoms with Crippen LogP contribution in [-0.4, -0.2) is 0 Å². The summed E-state index contributed by atoms with van der Waals surface area (Å²) in [6, 6.07) is 0. The van der Waals surface area contributed by atoms with Gasteiger partial charge in [-0.3, -0.25) is 0 Å². The Morgan fingerprint density at radius 2 is 1.83 bits per heavy atom. The van der Waals surface area contributed by atoms with Gasteiger partial charge in [0.05, 0.1) is 0 Å². The molecule has 0 atom stereocenters. The van der Waals surface area contributed by atoms with E-state index in [1.807, 2.05) is 0 Å². The fraction of sp³-hybridized carbons (Fsp3) is 0.667. The molecule has 0 heterocycles. The maximum atomic E-state index is 2.30. The van der Waals surface area contributed by atoms with Crippen molar-refractivity contribution in [1.82, 2.24) is 0 Å². The number of hydrogen-bond donors (Lipinski definition) is 0. The lowest BCUT2D eigenvalue weighted by Crippen LogP contribution is -2.11. The summed E-state index contributed by atoms with van der Waals surface area (Å²) in [7, 11) is 0. The Bertz CT molecular complexity index is 221. The molecule has 0 aromatic rings. The minimum atomic E-state index is 0.350. The molecule has 1 rings (SSSR count). The van der Waals surface area contributed by atoms with Crippen LogP contribution in [0.2, 0.25) is 0 Å². The molecule has 0 aromatic heterocycles. The van der Waals surface area contributed by atoms with Crippen molar-refractivity contribution in [2.24, 2.45) is 11.3 Å². The zero-order chi connectivity index (χ0) is 9.35. The largest absolute Gasteiger partial charge is 0.0801 e. The van der Waals surface area contributed by atoms with Crippen LogP contribution >= 0.6 is 0 Å². The van der Waals surface area contributed by atoms with Crippen molar-refractivity contribution in [2.75, 3.05) is 0 Å². The molecule has 0 nitrogen and oxygen atoms in total. The quantitative estimate of drug-likeness (QED) is 0.550. The first-order valence-electron chi connectivity index (χ1n) is 4.83. The topological polar surface area (TPSA) is 0 Å². The molecular weight excluding hydrogens is 144 g/mol. The summed E-state index contributed by atoms with van der Waals surface area (Å²) in [5.41, 5.74) is 3.53. The van der Waals surface area contributed by atoms with Crippen LogP contribution in [0.5, 0.6) is 0 Å². The van der Waals surface area contributed by atoms with Gasteiger partial charge in [-0.1, -0.05) is 52.3 Å². The van der Waals surface area contributed by atoms with Gasteiger partial charge in [0.2, 0.25) is 0 Å². The second kappa shape index (κ2) is 3.08. The highest BCUT2D eigenvalue weighted by atomic mass is 14.3. The van der Waals surface area contributed by atoms with E-state index in [0.717, 1.165) is 6.42 Å². The maximum absolute atomic E-state index is 2.30. The van der Waals surface area contributed by atoms with E-state index in [0.29, 0.717) is 11.3 Å². The molecule has 0 saturated heterocycles. The Balaban J connectivity index is 2.97. The van der Waals surface area contributed by atoms with Crippen LogP contribution in [-0.2, 0) is 0 Å². The van der Waals surface area contributed by atoms with E-state index < -0.39 is 0 Å². The lowest BCUT2D eigenvalue weighted by atomic mass is 9.81. The van der Waals surface area contributed by atoms with Crippen molar-refractivity contribution in [3.05, 3.63) is 23.3 Å². The van der Waals surface area contributed by atoms with Gasteiger partial charge < -0.3 is 0 Å². The lowest BCUT2D eigenvalue weighted by molar-refractivity contribution is 0.486. The van der Waals surface area contributed by atoms with Crippen LogP contribution in [0.1, 0.15) is 41.0 Å². The van der Waals surface area contributed by atoms with Gasteiger partial charge in [0.25, 0.3) is 0 Å². The third kappa shape index (κ3) is 1.80. The van der Waals surface area contributed by atoms with Crippen molar-refractivity contribution in [3.8, 4) is 0 Å². The summed E-state index contributed by atoms with van der Waals surface area (Å²) < 4.78 is 0. The zero-order valence-electron chi connectivity index (χ0n) is 8.94. The molecule has 1 aliphatic rings. The maximum Gasteiger partial charge on any atom is -0.0124 e. The van der Waals surface area contributed by atoms with Gasteiger partial charge in [-0.25, -0.2) is 0 Å². The molecule has 0 saturated carbocycles. The normalized spacial score (nSPS) is 18.2. The Morgan fingerprint density at radius 1 is 1.25 bits per heavy atom. The Hall–Kier alpha value is -0.520. The molecule has 0 bridgehead atoms. The van der Waals surface area contributed by atoms with Gasteiger partial charge in [-0.05, 0) is 23.3 Å². The van der Waals surface area contributed by atoms with E-state index in [1.165, 1.54) is 0 Å². The van der Waals surface area contributed by atoms with Gasteiger partial charge in [0.1, 0.15) is 0 Å². The van der Waals surface area contributed by atoms with Crippen LogP contribution in [0.15, 0.2) is 23.3 Å². The first-order valence-corrected chi connectivity index (χ1v) is 4.83. The van der Waals surface area contributed by atoms with Crippen molar-refractivity contribution < 1.29 is 0 Å². The van der Waals surface area contributed by atoms with Gasteiger partial charge in [0.15, 0.2) is 0 Å². The van der Waals surface area contributed by atoms with Crippen LogP contribution in [0.4, 0.5) is 0 Å². The van der Waals surface area contributed by atoms with Crippen molar-refractivity contribution in [3.63, 3.8) is 0 Å². The predicted molar refractivity (Wildman–Crippen MR) is 55.1 cm³/mol. The third-order valence-corrected chi connectivity index (χ3v) is 2.50. The summed E-state index contributed by atoms with van der Waals surface area (Å²) in [5, 5.41) is 0. The minimum absolute atomic E-state index is 0.350. The van der Waals surface area contributed by atoms with Crippen LogP contribution in [0.25, 0.3) is 0 Å². The molecule has 68 valence electrons. The number of allylic oxidation sites excluding steroid dienone is 4. The third-order valence-electron chi connectivity index (χ3n) is 2.50. The summed E-state index contributed by atoms with van der Waals surface area (Å²) in [6.45, 7) is 11.5. The molecule has 12 heavy (non-hydrogen) atoms.